The van der Waals surface area contributed by atoms with Crippen LogP contribution in [0.4, 0.5) is 18.9 Å². The second kappa shape index (κ2) is 6.22. The molecule has 0 saturated carbocycles. The van der Waals surface area contributed by atoms with Crippen LogP contribution in [-0.2, 0) is 4.79 Å². The van der Waals surface area contributed by atoms with Crippen LogP contribution >= 0.6 is 0 Å². The number of carbonyl (C=O) groups is 1. The van der Waals surface area contributed by atoms with Gasteiger partial charge < -0.3 is 9.64 Å². The predicted octanol–water partition coefficient (Wildman–Crippen LogP) is 1.99. The van der Waals surface area contributed by atoms with Crippen LogP contribution in [0.25, 0.3) is 0 Å². The average molecular weight is 292 g/mol. The Labute approximate surface area is 111 Å². The third-order valence-electron chi connectivity index (χ3n) is 2.33. The van der Waals surface area contributed by atoms with E-state index in [9.17, 15) is 28.1 Å². The summed E-state index contributed by atoms with van der Waals surface area (Å²) in [6.45, 7) is -0.411. The van der Waals surface area contributed by atoms with Gasteiger partial charge in [-0.15, -0.1) is 0 Å². The van der Waals surface area contributed by atoms with E-state index in [1.165, 1.54) is 24.3 Å². The molecule has 0 aliphatic rings. The maximum absolute atomic E-state index is 12.1. The minimum Gasteiger partial charge on any atom is -0.492 e. The van der Waals surface area contributed by atoms with E-state index in [4.69, 9.17) is 4.74 Å². The lowest BCUT2D eigenvalue weighted by molar-refractivity contribution is -0.384. The third-order valence-corrected chi connectivity index (χ3v) is 2.33. The molecule has 0 heterocycles. The van der Waals surface area contributed by atoms with Crippen molar-refractivity contribution in [3.63, 3.8) is 0 Å². The highest BCUT2D eigenvalue weighted by atomic mass is 19.4. The van der Waals surface area contributed by atoms with Crippen molar-refractivity contribution in [1.82, 2.24) is 4.90 Å². The van der Waals surface area contributed by atoms with Crippen molar-refractivity contribution in [2.45, 2.75) is 6.18 Å². The fraction of sp³-hybridized carbons (Fsp3) is 0.364. The highest BCUT2D eigenvalue weighted by molar-refractivity contribution is 5.81. The minimum absolute atomic E-state index is 0.123. The first-order valence-electron chi connectivity index (χ1n) is 5.41. The Kier molecular flexibility index (Phi) is 4.89. The molecular weight excluding hydrogens is 281 g/mol. The van der Waals surface area contributed by atoms with Crippen LogP contribution in [0.2, 0.25) is 0 Å². The lowest BCUT2D eigenvalue weighted by Gasteiger charge is -2.18. The highest BCUT2D eigenvalue weighted by Crippen LogP contribution is 2.18. The van der Waals surface area contributed by atoms with Crippen LogP contribution in [-0.4, -0.2) is 42.1 Å². The molecule has 1 aromatic rings. The van der Waals surface area contributed by atoms with Crippen LogP contribution in [0.5, 0.6) is 5.75 Å². The van der Waals surface area contributed by atoms with Crippen molar-refractivity contribution < 1.29 is 27.6 Å². The molecule has 0 unspecified atom stereocenters. The Morgan fingerprint density at radius 2 is 1.90 bits per heavy atom. The van der Waals surface area contributed by atoms with Crippen molar-refractivity contribution in [3.8, 4) is 5.75 Å². The molecule has 110 valence electrons. The van der Waals surface area contributed by atoms with Crippen molar-refractivity contribution >= 4 is 11.6 Å². The number of nitro groups is 1. The fourth-order valence-electron chi connectivity index (χ4n) is 1.28. The summed E-state index contributed by atoms with van der Waals surface area (Å²) >= 11 is 0. The summed E-state index contributed by atoms with van der Waals surface area (Å²) in [5, 5.41) is 10.4. The number of non-ortho nitro benzene ring substituents is 1. The Hall–Kier alpha value is -2.32. The molecule has 0 N–H and O–H groups in total. The Morgan fingerprint density at radius 3 is 2.35 bits per heavy atom. The fourth-order valence-corrected chi connectivity index (χ4v) is 1.28. The molecule has 0 aliphatic heterocycles. The summed E-state index contributed by atoms with van der Waals surface area (Å²) < 4.78 is 41.3. The van der Waals surface area contributed by atoms with Gasteiger partial charge in [0.1, 0.15) is 12.4 Å². The summed E-state index contributed by atoms with van der Waals surface area (Å²) in [5.41, 5.74) is -0.123. The van der Waals surface area contributed by atoms with Crippen LogP contribution in [0.1, 0.15) is 0 Å². The molecule has 1 amide bonds. The van der Waals surface area contributed by atoms with E-state index in [0.29, 0.717) is 4.90 Å². The number of amides is 1. The zero-order valence-electron chi connectivity index (χ0n) is 10.4. The first-order chi connectivity index (χ1) is 9.21. The second-order valence-electron chi connectivity index (χ2n) is 3.82. The van der Waals surface area contributed by atoms with Gasteiger partial charge >= 0.3 is 12.1 Å². The monoisotopic (exact) mass is 292 g/mol. The number of benzene rings is 1. The number of hydrogen-bond donors (Lipinski definition) is 0. The number of nitro benzene ring substituents is 1. The van der Waals surface area contributed by atoms with Gasteiger partial charge in [-0.2, -0.15) is 13.2 Å². The molecular formula is C11H11F3N2O4. The number of halogens is 3. The van der Waals surface area contributed by atoms with E-state index in [2.05, 4.69) is 0 Å². The van der Waals surface area contributed by atoms with Crippen molar-refractivity contribution in [2.75, 3.05) is 20.2 Å². The molecule has 0 atom stereocenters. The SMILES string of the molecule is CN(CCOc1ccc([N+](=O)[O-])cc1)C(=O)C(F)(F)F. The molecule has 0 radical (unpaired) electrons. The van der Waals surface area contributed by atoms with Gasteiger partial charge in [0.15, 0.2) is 0 Å². The predicted molar refractivity (Wildman–Crippen MR) is 62.3 cm³/mol. The lowest BCUT2D eigenvalue weighted by Crippen LogP contribution is -2.40. The molecule has 9 heteroatoms. The Balaban J connectivity index is 2.45. The largest absolute Gasteiger partial charge is 0.492 e. The Morgan fingerprint density at radius 1 is 1.35 bits per heavy atom. The molecule has 1 rings (SSSR count). The molecule has 0 fully saturated rings. The van der Waals surface area contributed by atoms with Gasteiger partial charge in [-0.3, -0.25) is 14.9 Å². The number of rotatable bonds is 5. The van der Waals surface area contributed by atoms with E-state index in [-0.39, 0.29) is 24.6 Å². The molecule has 0 aliphatic carbocycles. The molecule has 0 spiro atoms. The van der Waals surface area contributed by atoms with E-state index in [1.807, 2.05) is 0 Å². The summed E-state index contributed by atoms with van der Waals surface area (Å²) in [7, 11) is 1.01. The molecule has 1 aromatic carbocycles. The zero-order valence-corrected chi connectivity index (χ0v) is 10.4. The summed E-state index contributed by atoms with van der Waals surface area (Å²) in [4.78, 5) is 21.1. The number of likely N-dealkylation sites (N-methyl/N-ethyl adjacent to an activating group) is 1. The smallest absolute Gasteiger partial charge is 0.471 e. The number of carbonyl (C=O) groups excluding carboxylic acids is 1. The first-order valence-corrected chi connectivity index (χ1v) is 5.41. The van der Waals surface area contributed by atoms with Crippen molar-refractivity contribution in [2.24, 2.45) is 0 Å². The van der Waals surface area contributed by atoms with Crippen molar-refractivity contribution in [3.05, 3.63) is 34.4 Å². The number of ether oxygens (including phenoxy) is 1. The summed E-state index contributed by atoms with van der Waals surface area (Å²) in [6, 6.07) is 5.06. The standard InChI is InChI=1S/C11H11F3N2O4/c1-15(10(17)11(12,13)14)6-7-20-9-4-2-8(3-5-9)16(18)19/h2-5H,6-7H2,1H3. The average Bonchev–Trinajstić information content (AvgIpc) is 2.37. The van der Waals surface area contributed by atoms with E-state index < -0.39 is 17.0 Å². The van der Waals surface area contributed by atoms with Crippen LogP contribution in [0.15, 0.2) is 24.3 Å². The molecule has 0 aromatic heterocycles. The normalized spacial score (nSPS) is 11.0. The molecule has 20 heavy (non-hydrogen) atoms. The topological polar surface area (TPSA) is 72.7 Å². The number of alkyl halides is 3. The van der Waals surface area contributed by atoms with Gasteiger partial charge in [-0.05, 0) is 12.1 Å². The summed E-state index contributed by atoms with van der Waals surface area (Å²) in [5.74, 6) is -1.69. The first kappa shape index (κ1) is 15.7. The molecule has 0 bridgehead atoms. The number of hydrogen-bond acceptors (Lipinski definition) is 4. The van der Waals surface area contributed by atoms with Gasteiger partial charge in [-0.25, -0.2) is 0 Å². The van der Waals surface area contributed by atoms with Crippen molar-refractivity contribution in [1.29, 1.82) is 0 Å². The van der Waals surface area contributed by atoms with Gasteiger partial charge in [-0.1, -0.05) is 0 Å². The van der Waals surface area contributed by atoms with Crippen LogP contribution < -0.4 is 4.74 Å². The summed E-state index contributed by atoms with van der Waals surface area (Å²) in [6.07, 6.45) is -4.91. The van der Waals surface area contributed by atoms with Gasteiger partial charge in [0.05, 0.1) is 11.5 Å². The van der Waals surface area contributed by atoms with Gasteiger partial charge in [0, 0.05) is 19.2 Å². The maximum atomic E-state index is 12.1. The third kappa shape index (κ3) is 4.41. The van der Waals surface area contributed by atoms with Gasteiger partial charge in [0.2, 0.25) is 0 Å². The quantitative estimate of drug-likeness (QED) is 0.614. The van der Waals surface area contributed by atoms with E-state index >= 15 is 0 Å². The maximum Gasteiger partial charge on any atom is 0.471 e. The Bertz CT molecular complexity index is 487. The number of nitrogens with zero attached hydrogens (tertiary/aromatic N) is 2. The van der Waals surface area contributed by atoms with Crippen LogP contribution in [0.3, 0.4) is 0 Å². The minimum atomic E-state index is -4.91. The van der Waals surface area contributed by atoms with E-state index in [1.54, 1.807) is 0 Å². The lowest BCUT2D eigenvalue weighted by atomic mass is 10.3. The molecule has 0 saturated heterocycles. The highest BCUT2D eigenvalue weighted by Gasteiger charge is 2.41. The van der Waals surface area contributed by atoms with Gasteiger partial charge in [0.25, 0.3) is 5.69 Å². The molecule has 6 nitrogen and oxygen atoms in total. The van der Waals surface area contributed by atoms with Crippen LogP contribution in [0, 0.1) is 10.1 Å². The van der Waals surface area contributed by atoms with E-state index in [0.717, 1.165) is 7.05 Å². The second-order valence-corrected chi connectivity index (χ2v) is 3.82. The zero-order chi connectivity index (χ0) is 15.3.